The Morgan fingerprint density at radius 3 is 2.55 bits per heavy atom. The second-order valence-electron chi connectivity index (χ2n) is 8.46. The van der Waals surface area contributed by atoms with Gasteiger partial charge in [-0.15, -0.1) is 0 Å². The molecule has 0 atom stereocenters. The first-order chi connectivity index (χ1) is 16.0. The summed E-state index contributed by atoms with van der Waals surface area (Å²) in [6, 6.07) is 21.5. The van der Waals surface area contributed by atoms with Crippen LogP contribution in [0.25, 0.3) is 16.6 Å². The van der Waals surface area contributed by atoms with Crippen LogP contribution < -0.4 is 10.5 Å². The van der Waals surface area contributed by atoms with Gasteiger partial charge in [-0.2, -0.15) is 0 Å². The highest BCUT2D eigenvalue weighted by Crippen LogP contribution is 2.29. The predicted molar refractivity (Wildman–Crippen MR) is 135 cm³/mol. The van der Waals surface area contributed by atoms with Crippen molar-refractivity contribution in [3.8, 4) is 5.69 Å². The Morgan fingerprint density at radius 2 is 1.73 bits per heavy atom. The van der Waals surface area contributed by atoms with Crippen molar-refractivity contribution in [2.45, 2.75) is 31.8 Å². The summed E-state index contributed by atoms with van der Waals surface area (Å²) in [6.07, 6.45) is 1.94. The molecule has 0 fully saturated rings. The fourth-order valence-corrected chi connectivity index (χ4v) is 5.40. The zero-order valence-electron chi connectivity index (χ0n) is 18.7. The molecule has 5 rings (SSSR count). The van der Waals surface area contributed by atoms with E-state index in [1.807, 2.05) is 67.3 Å². The standard InChI is InChI=1S/C27H25N3O2S/c1-18-14-19(2)16-21(15-18)30-26(32)22-10-4-5-11-23(22)28-27(30)33-17-25(31)29-13-7-9-20-8-3-6-12-24(20)29/h3-6,8,10-12,14-16H,7,9,13,17H2,1-2H3. The molecule has 2 heterocycles. The average molecular weight is 456 g/mol. The third kappa shape index (κ3) is 4.18. The van der Waals surface area contributed by atoms with E-state index in [0.29, 0.717) is 22.6 Å². The Kier molecular flexibility index (Phi) is 5.77. The summed E-state index contributed by atoms with van der Waals surface area (Å²) in [5.74, 6) is 0.241. The number of amides is 1. The van der Waals surface area contributed by atoms with Crippen LogP contribution in [0, 0.1) is 13.8 Å². The van der Waals surface area contributed by atoms with Gasteiger partial charge in [-0.1, -0.05) is 48.2 Å². The van der Waals surface area contributed by atoms with Crippen LogP contribution in [0.2, 0.25) is 0 Å². The molecule has 166 valence electrons. The zero-order valence-corrected chi connectivity index (χ0v) is 19.6. The van der Waals surface area contributed by atoms with E-state index in [-0.39, 0.29) is 17.2 Å². The molecule has 6 heteroatoms. The molecule has 0 spiro atoms. The fourth-order valence-electron chi connectivity index (χ4n) is 4.51. The van der Waals surface area contributed by atoms with Gasteiger partial charge in [-0.3, -0.25) is 14.2 Å². The van der Waals surface area contributed by atoms with Crippen LogP contribution in [0.3, 0.4) is 0 Å². The smallest absolute Gasteiger partial charge is 0.266 e. The lowest BCUT2D eigenvalue weighted by Gasteiger charge is -2.29. The normalized spacial score (nSPS) is 13.2. The van der Waals surface area contributed by atoms with Gasteiger partial charge in [-0.05, 0) is 73.7 Å². The van der Waals surface area contributed by atoms with Gasteiger partial charge in [0.05, 0.1) is 22.3 Å². The topological polar surface area (TPSA) is 55.2 Å². The number of aryl methyl sites for hydroxylation is 3. The Labute approximate surface area is 197 Å². The summed E-state index contributed by atoms with van der Waals surface area (Å²) in [6.45, 7) is 4.74. The van der Waals surface area contributed by atoms with Crippen molar-refractivity contribution in [2.75, 3.05) is 17.2 Å². The molecule has 3 aromatic carbocycles. The number of carbonyl (C=O) groups is 1. The van der Waals surface area contributed by atoms with Gasteiger partial charge < -0.3 is 4.90 Å². The largest absolute Gasteiger partial charge is 0.311 e. The number of aromatic nitrogens is 2. The molecule has 4 aromatic rings. The van der Waals surface area contributed by atoms with Crippen molar-refractivity contribution < 1.29 is 4.79 Å². The van der Waals surface area contributed by atoms with Crippen LogP contribution >= 0.6 is 11.8 Å². The van der Waals surface area contributed by atoms with E-state index >= 15 is 0 Å². The molecule has 33 heavy (non-hydrogen) atoms. The van der Waals surface area contributed by atoms with Crippen LogP contribution in [0.4, 0.5) is 5.69 Å². The number of thioether (sulfide) groups is 1. The minimum Gasteiger partial charge on any atom is -0.311 e. The molecule has 0 bridgehead atoms. The third-order valence-corrected chi connectivity index (χ3v) is 6.87. The molecule has 0 saturated carbocycles. The van der Waals surface area contributed by atoms with E-state index in [9.17, 15) is 9.59 Å². The predicted octanol–water partition coefficient (Wildman–Crippen LogP) is 5.07. The minimum absolute atomic E-state index is 0.0292. The number of nitrogens with zero attached hydrogens (tertiary/aromatic N) is 3. The van der Waals surface area contributed by atoms with E-state index in [2.05, 4.69) is 12.1 Å². The molecule has 1 aliphatic heterocycles. The minimum atomic E-state index is -0.121. The zero-order chi connectivity index (χ0) is 22.9. The highest BCUT2D eigenvalue weighted by Gasteiger charge is 2.23. The van der Waals surface area contributed by atoms with E-state index in [1.165, 1.54) is 17.3 Å². The number of rotatable bonds is 4. The van der Waals surface area contributed by atoms with Crippen LogP contribution in [0.5, 0.6) is 0 Å². The summed E-state index contributed by atoms with van der Waals surface area (Å²) in [5, 5.41) is 1.10. The first-order valence-electron chi connectivity index (χ1n) is 11.1. The van der Waals surface area contributed by atoms with Gasteiger partial charge in [0.1, 0.15) is 0 Å². The van der Waals surface area contributed by atoms with Gasteiger partial charge in [0.2, 0.25) is 5.91 Å². The van der Waals surface area contributed by atoms with Crippen molar-refractivity contribution >= 4 is 34.3 Å². The number of hydrogen-bond acceptors (Lipinski definition) is 4. The quantitative estimate of drug-likeness (QED) is 0.318. The maximum Gasteiger partial charge on any atom is 0.266 e. The number of carbonyl (C=O) groups excluding carboxylic acids is 1. The SMILES string of the molecule is Cc1cc(C)cc(-n2c(SCC(=O)N3CCCc4ccccc43)nc3ccccc3c2=O)c1. The number of anilines is 1. The van der Waals surface area contributed by atoms with Crippen molar-refractivity contribution in [3.63, 3.8) is 0 Å². The molecule has 1 amide bonds. The highest BCUT2D eigenvalue weighted by molar-refractivity contribution is 7.99. The van der Waals surface area contributed by atoms with Crippen molar-refractivity contribution in [2.24, 2.45) is 0 Å². The van der Waals surface area contributed by atoms with Gasteiger partial charge in [-0.25, -0.2) is 4.98 Å². The number of hydrogen-bond donors (Lipinski definition) is 0. The molecule has 1 aromatic heterocycles. The average Bonchev–Trinajstić information content (AvgIpc) is 2.81. The van der Waals surface area contributed by atoms with Crippen molar-refractivity contribution in [1.29, 1.82) is 0 Å². The van der Waals surface area contributed by atoms with E-state index in [4.69, 9.17) is 4.98 Å². The lowest BCUT2D eigenvalue weighted by molar-refractivity contribution is -0.116. The second-order valence-corrected chi connectivity index (χ2v) is 9.41. The summed E-state index contributed by atoms with van der Waals surface area (Å²) in [4.78, 5) is 33.4. The van der Waals surface area contributed by atoms with Crippen LogP contribution in [-0.2, 0) is 11.2 Å². The monoisotopic (exact) mass is 455 g/mol. The summed E-state index contributed by atoms with van der Waals surface area (Å²) in [5.41, 5.74) is 5.63. The number of benzene rings is 3. The first kappa shape index (κ1) is 21.5. The molecule has 5 nitrogen and oxygen atoms in total. The maximum atomic E-state index is 13.5. The Bertz CT molecular complexity index is 1410. The Balaban J connectivity index is 1.53. The summed E-state index contributed by atoms with van der Waals surface area (Å²) in [7, 11) is 0. The van der Waals surface area contributed by atoms with Gasteiger partial charge in [0.25, 0.3) is 5.56 Å². The molecule has 1 aliphatic rings. The maximum absolute atomic E-state index is 13.5. The first-order valence-corrected chi connectivity index (χ1v) is 12.1. The number of fused-ring (bicyclic) bond motifs is 2. The van der Waals surface area contributed by atoms with Gasteiger partial charge in [0, 0.05) is 12.2 Å². The van der Waals surface area contributed by atoms with E-state index < -0.39 is 0 Å². The molecular formula is C27H25N3O2S. The third-order valence-electron chi connectivity index (χ3n) is 5.95. The van der Waals surface area contributed by atoms with Gasteiger partial charge in [0.15, 0.2) is 5.16 Å². The Hall–Kier alpha value is -3.38. The van der Waals surface area contributed by atoms with E-state index in [0.717, 1.165) is 35.3 Å². The van der Waals surface area contributed by atoms with Crippen LogP contribution in [-0.4, -0.2) is 27.8 Å². The van der Waals surface area contributed by atoms with Gasteiger partial charge >= 0.3 is 0 Å². The van der Waals surface area contributed by atoms with Crippen molar-refractivity contribution in [1.82, 2.24) is 9.55 Å². The van der Waals surface area contributed by atoms with Crippen molar-refractivity contribution in [3.05, 3.63) is 93.8 Å². The molecular weight excluding hydrogens is 430 g/mol. The summed E-state index contributed by atoms with van der Waals surface area (Å²) < 4.78 is 1.64. The molecule has 0 N–H and O–H groups in total. The second kappa shape index (κ2) is 8.87. The molecule has 0 saturated heterocycles. The fraction of sp³-hybridized carbons (Fsp3) is 0.222. The molecule has 0 unspecified atom stereocenters. The van der Waals surface area contributed by atoms with E-state index in [1.54, 1.807) is 10.6 Å². The lowest BCUT2D eigenvalue weighted by Crippen LogP contribution is -2.36. The lowest BCUT2D eigenvalue weighted by atomic mass is 10.0. The van der Waals surface area contributed by atoms with Crippen LogP contribution in [0.15, 0.2) is 76.7 Å². The summed E-state index contributed by atoms with van der Waals surface area (Å²) >= 11 is 1.32. The highest BCUT2D eigenvalue weighted by atomic mass is 32.2. The van der Waals surface area contributed by atoms with Crippen LogP contribution in [0.1, 0.15) is 23.1 Å². The Morgan fingerprint density at radius 1 is 1.00 bits per heavy atom. The number of para-hydroxylation sites is 2. The molecule has 0 aliphatic carbocycles. The molecule has 0 radical (unpaired) electrons.